The van der Waals surface area contributed by atoms with Gasteiger partial charge in [0, 0.05) is 49.0 Å². The average Bonchev–Trinajstić information content (AvgIpc) is 3.32. The number of nitrogens with one attached hydrogen (secondary N) is 1. The van der Waals surface area contributed by atoms with Crippen LogP contribution < -0.4 is 0 Å². The molecule has 2 aliphatic rings. The number of carbonyl (C=O) groups excluding carboxylic acids is 1. The van der Waals surface area contributed by atoms with Crippen LogP contribution in [-0.4, -0.2) is 39.1 Å². The quantitative estimate of drug-likeness (QED) is 0.526. The van der Waals surface area contributed by atoms with E-state index in [-0.39, 0.29) is 18.7 Å². The summed E-state index contributed by atoms with van der Waals surface area (Å²) < 4.78 is 15.9. The molecule has 1 N–H and O–H groups in total. The molecule has 2 fully saturated rings. The van der Waals surface area contributed by atoms with Crippen LogP contribution in [0.2, 0.25) is 0 Å². The Hall–Kier alpha value is -3.53. The van der Waals surface area contributed by atoms with Crippen molar-refractivity contribution in [2.45, 2.75) is 64.0 Å². The lowest BCUT2D eigenvalue weighted by atomic mass is 9.77. The molecule has 6 nitrogen and oxygen atoms in total. The molecule has 3 aromatic rings. The van der Waals surface area contributed by atoms with E-state index >= 15 is 4.39 Å². The molecule has 7 heteroatoms. The number of piperidine rings is 1. The Labute approximate surface area is 205 Å². The van der Waals surface area contributed by atoms with Crippen LogP contribution >= 0.6 is 0 Å². The van der Waals surface area contributed by atoms with Crippen LogP contribution in [0.5, 0.6) is 0 Å². The first-order valence-electron chi connectivity index (χ1n) is 12.5. The fourth-order valence-electron chi connectivity index (χ4n) is 5.28. The van der Waals surface area contributed by atoms with E-state index in [2.05, 4.69) is 27.3 Å². The van der Waals surface area contributed by atoms with Crippen molar-refractivity contribution < 1.29 is 9.18 Å². The maximum absolute atomic E-state index is 15.9. The minimum absolute atomic E-state index is 0.0882. The van der Waals surface area contributed by atoms with Gasteiger partial charge in [-0.1, -0.05) is 37.6 Å². The summed E-state index contributed by atoms with van der Waals surface area (Å²) in [4.78, 5) is 18.6. The number of hydrogen-bond donors (Lipinski definition) is 1. The number of aromatic nitrogens is 3. The van der Waals surface area contributed by atoms with Gasteiger partial charge in [-0.15, -0.1) is 10.2 Å². The molecule has 2 aromatic carbocycles. The molecule has 0 radical (unpaired) electrons. The van der Waals surface area contributed by atoms with Gasteiger partial charge in [0.2, 0.25) is 0 Å². The topological polar surface area (TPSA) is 85.7 Å². The summed E-state index contributed by atoms with van der Waals surface area (Å²) in [5.41, 5.74) is 2.90. The van der Waals surface area contributed by atoms with Crippen LogP contribution in [0.15, 0.2) is 36.4 Å². The van der Waals surface area contributed by atoms with Crippen molar-refractivity contribution in [1.82, 2.24) is 20.1 Å². The van der Waals surface area contributed by atoms with E-state index in [1.54, 1.807) is 29.2 Å². The van der Waals surface area contributed by atoms with E-state index in [1.807, 2.05) is 19.9 Å². The first-order valence-corrected chi connectivity index (χ1v) is 12.5. The number of likely N-dealkylation sites (tertiary alicyclic amines) is 1. The second-order valence-electron chi connectivity index (χ2n) is 9.77. The van der Waals surface area contributed by atoms with Crippen molar-refractivity contribution in [2.75, 3.05) is 13.1 Å². The van der Waals surface area contributed by atoms with Crippen LogP contribution in [0.1, 0.15) is 83.4 Å². The Morgan fingerprint density at radius 2 is 1.97 bits per heavy atom. The number of H-pyrrole nitrogens is 1. The largest absolute Gasteiger partial charge is 0.338 e. The predicted octanol–water partition coefficient (Wildman–Crippen LogP) is 5.58. The third kappa shape index (κ3) is 4.22. The lowest BCUT2D eigenvalue weighted by Crippen LogP contribution is -2.43. The minimum atomic E-state index is -1.60. The Morgan fingerprint density at radius 3 is 2.60 bits per heavy atom. The molecule has 180 valence electrons. The number of benzene rings is 2. The number of hydrogen-bond acceptors (Lipinski definition) is 4. The molecule has 5 rings (SSSR count). The third-order valence-electron chi connectivity index (χ3n) is 7.67. The molecule has 0 unspecified atom stereocenters. The molecule has 2 heterocycles. The Balaban J connectivity index is 1.42. The van der Waals surface area contributed by atoms with Gasteiger partial charge in [-0.3, -0.25) is 4.79 Å². The van der Waals surface area contributed by atoms with Gasteiger partial charge in [0.25, 0.3) is 5.91 Å². The van der Waals surface area contributed by atoms with E-state index in [0.29, 0.717) is 41.5 Å². The summed E-state index contributed by atoms with van der Waals surface area (Å²) in [5, 5.41) is 18.0. The predicted molar refractivity (Wildman–Crippen MR) is 132 cm³/mol. The first kappa shape index (κ1) is 23.2. The summed E-state index contributed by atoms with van der Waals surface area (Å²) in [6.45, 7) is 4.61. The monoisotopic (exact) mass is 471 g/mol. The van der Waals surface area contributed by atoms with Gasteiger partial charge in [-0.25, -0.2) is 4.39 Å². The van der Waals surface area contributed by atoms with Crippen LogP contribution in [0.3, 0.4) is 0 Å². The molecular formula is C28H30FN5O. The Morgan fingerprint density at radius 1 is 1.23 bits per heavy atom. The van der Waals surface area contributed by atoms with Crippen molar-refractivity contribution in [3.8, 4) is 17.5 Å². The maximum Gasteiger partial charge on any atom is 0.254 e. The average molecular weight is 472 g/mol. The molecule has 0 atom stereocenters. The lowest BCUT2D eigenvalue weighted by molar-refractivity contribution is 0.0420. The molecule has 1 saturated heterocycles. The number of alkyl halides is 1. The molecule has 1 aliphatic heterocycles. The molecular weight excluding hydrogens is 441 g/mol. The van der Waals surface area contributed by atoms with Gasteiger partial charge in [0.05, 0.1) is 11.6 Å². The van der Waals surface area contributed by atoms with Gasteiger partial charge in [0.1, 0.15) is 11.5 Å². The van der Waals surface area contributed by atoms with Gasteiger partial charge >= 0.3 is 0 Å². The highest BCUT2D eigenvalue weighted by atomic mass is 19.1. The van der Waals surface area contributed by atoms with Crippen LogP contribution in [0.25, 0.3) is 11.4 Å². The highest BCUT2D eigenvalue weighted by molar-refractivity contribution is 5.97. The molecule has 1 aliphatic carbocycles. The molecule has 1 saturated carbocycles. The Kier molecular flexibility index (Phi) is 6.14. The lowest BCUT2D eigenvalue weighted by Gasteiger charge is -2.37. The highest BCUT2D eigenvalue weighted by Crippen LogP contribution is 2.42. The SMILES string of the molecule is CCc1nnc(-c2cc(C(=O)N3CCC(F)(c4ccccc4C#N)CC3)c(C)cc2C2CCC2)[nH]1. The van der Waals surface area contributed by atoms with Crippen molar-refractivity contribution in [1.29, 1.82) is 5.26 Å². The number of carbonyl (C=O) groups is 1. The van der Waals surface area contributed by atoms with Gasteiger partial charge in [-0.2, -0.15) is 5.26 Å². The maximum atomic E-state index is 15.9. The summed E-state index contributed by atoms with van der Waals surface area (Å²) in [5.74, 6) is 1.91. The van der Waals surface area contributed by atoms with Gasteiger partial charge < -0.3 is 9.88 Å². The van der Waals surface area contributed by atoms with E-state index in [1.165, 1.54) is 12.0 Å². The number of halogens is 1. The minimum Gasteiger partial charge on any atom is -0.338 e. The molecule has 0 bridgehead atoms. The fraction of sp³-hybridized carbons (Fsp3) is 0.429. The second-order valence-corrected chi connectivity index (χ2v) is 9.77. The standard InChI is InChI=1S/C28H30FN5O/c1-3-25-31-26(33-32-25)23-16-21(18(2)15-22(23)19-8-6-9-19)27(35)34-13-11-28(29,12-14-34)24-10-5-4-7-20(24)17-30/h4-5,7,10,15-16,19H,3,6,8-9,11-14H2,1-2H3,(H,31,32,33). The molecule has 35 heavy (non-hydrogen) atoms. The number of amides is 1. The molecule has 1 aromatic heterocycles. The summed E-state index contributed by atoms with van der Waals surface area (Å²) in [7, 11) is 0. The number of aryl methyl sites for hydroxylation is 2. The highest BCUT2D eigenvalue weighted by Gasteiger charge is 2.39. The van der Waals surface area contributed by atoms with E-state index in [0.717, 1.165) is 36.2 Å². The number of aromatic amines is 1. The fourth-order valence-corrected chi connectivity index (χ4v) is 5.28. The summed E-state index contributed by atoms with van der Waals surface area (Å²) >= 11 is 0. The van der Waals surface area contributed by atoms with Crippen LogP contribution in [0.4, 0.5) is 4.39 Å². The van der Waals surface area contributed by atoms with Gasteiger partial charge in [0.15, 0.2) is 5.82 Å². The molecule has 1 amide bonds. The van der Waals surface area contributed by atoms with Crippen LogP contribution in [0, 0.1) is 18.3 Å². The smallest absolute Gasteiger partial charge is 0.254 e. The van der Waals surface area contributed by atoms with Crippen LogP contribution in [-0.2, 0) is 12.1 Å². The molecule has 0 spiro atoms. The van der Waals surface area contributed by atoms with Gasteiger partial charge in [-0.05, 0) is 48.9 Å². The second kappa shape index (κ2) is 9.26. The van der Waals surface area contributed by atoms with E-state index in [9.17, 15) is 10.1 Å². The zero-order chi connectivity index (χ0) is 24.6. The Bertz CT molecular complexity index is 1290. The first-order chi connectivity index (χ1) is 16.9. The van der Waals surface area contributed by atoms with Crippen molar-refractivity contribution in [2.24, 2.45) is 0 Å². The summed E-state index contributed by atoms with van der Waals surface area (Å²) in [6, 6.07) is 13.0. The van der Waals surface area contributed by atoms with Crippen molar-refractivity contribution >= 4 is 5.91 Å². The summed E-state index contributed by atoms with van der Waals surface area (Å²) in [6.07, 6.45) is 4.61. The van der Waals surface area contributed by atoms with Crippen molar-refractivity contribution in [3.63, 3.8) is 0 Å². The zero-order valence-electron chi connectivity index (χ0n) is 20.3. The van der Waals surface area contributed by atoms with E-state index in [4.69, 9.17) is 0 Å². The normalized spacial score (nSPS) is 17.6. The number of nitriles is 1. The number of nitrogens with zero attached hydrogens (tertiary/aromatic N) is 4. The van der Waals surface area contributed by atoms with Crippen molar-refractivity contribution in [3.05, 3.63) is 70.0 Å². The van der Waals surface area contributed by atoms with E-state index < -0.39 is 5.67 Å². The zero-order valence-corrected chi connectivity index (χ0v) is 20.3. The number of rotatable bonds is 5. The third-order valence-corrected chi connectivity index (χ3v) is 7.67.